The van der Waals surface area contributed by atoms with Gasteiger partial charge in [-0.15, -0.1) is 0 Å². The molecule has 6 nitrogen and oxygen atoms in total. The van der Waals surface area contributed by atoms with Crippen LogP contribution in [-0.4, -0.2) is 22.9 Å². The number of rotatable bonds is 5. The first-order chi connectivity index (χ1) is 10.0. The Balaban J connectivity index is 1.53. The Labute approximate surface area is 121 Å². The van der Waals surface area contributed by atoms with Gasteiger partial charge in [-0.2, -0.15) is 0 Å². The highest BCUT2D eigenvalue weighted by Crippen LogP contribution is 2.39. The molecule has 2 unspecified atom stereocenters. The fourth-order valence-corrected chi connectivity index (χ4v) is 2.22. The molecule has 2 fully saturated rings. The summed E-state index contributed by atoms with van der Waals surface area (Å²) in [6, 6.07) is 6.83. The maximum absolute atomic E-state index is 11.8. The largest absolute Gasteiger partial charge is 0.481 e. The van der Waals surface area contributed by atoms with Gasteiger partial charge in [0.1, 0.15) is 0 Å². The van der Waals surface area contributed by atoms with Gasteiger partial charge in [0.2, 0.25) is 11.8 Å². The van der Waals surface area contributed by atoms with Gasteiger partial charge in [0.05, 0.1) is 11.8 Å². The van der Waals surface area contributed by atoms with Gasteiger partial charge in [-0.25, -0.2) is 0 Å². The molecular weight excluding hydrogens is 272 g/mol. The van der Waals surface area contributed by atoms with Gasteiger partial charge in [-0.3, -0.25) is 14.4 Å². The van der Waals surface area contributed by atoms with Gasteiger partial charge in [0.25, 0.3) is 0 Å². The highest BCUT2D eigenvalue weighted by Gasteiger charge is 2.48. The third-order valence-electron chi connectivity index (χ3n) is 3.81. The summed E-state index contributed by atoms with van der Waals surface area (Å²) in [7, 11) is 0. The van der Waals surface area contributed by atoms with Gasteiger partial charge in [0.15, 0.2) is 0 Å². The maximum atomic E-state index is 11.8. The summed E-state index contributed by atoms with van der Waals surface area (Å²) in [6.07, 6.45) is 2.30. The van der Waals surface area contributed by atoms with E-state index in [1.807, 2.05) is 0 Å². The summed E-state index contributed by atoms with van der Waals surface area (Å²) in [4.78, 5) is 34.1. The normalized spacial score (nSPS) is 23.2. The van der Waals surface area contributed by atoms with Gasteiger partial charge < -0.3 is 15.7 Å². The average molecular weight is 288 g/mol. The molecule has 2 aliphatic carbocycles. The van der Waals surface area contributed by atoms with Crippen molar-refractivity contribution >= 4 is 29.2 Å². The van der Waals surface area contributed by atoms with Crippen LogP contribution in [0.2, 0.25) is 0 Å². The lowest BCUT2D eigenvalue weighted by Crippen LogP contribution is -2.17. The first-order valence-electron chi connectivity index (χ1n) is 6.99. The average Bonchev–Trinajstić information content (AvgIpc) is 3.32. The minimum atomic E-state index is -0.923. The number of amides is 2. The molecule has 0 aliphatic heterocycles. The molecule has 6 heteroatoms. The fourth-order valence-electron chi connectivity index (χ4n) is 2.22. The minimum absolute atomic E-state index is 0.0362. The Morgan fingerprint density at radius 3 is 1.86 bits per heavy atom. The number of carboxylic acids is 1. The third-order valence-corrected chi connectivity index (χ3v) is 3.81. The van der Waals surface area contributed by atoms with Crippen molar-refractivity contribution in [3.8, 4) is 0 Å². The molecule has 3 N–H and O–H groups in total. The second-order valence-corrected chi connectivity index (χ2v) is 5.62. The van der Waals surface area contributed by atoms with E-state index in [-0.39, 0.29) is 17.7 Å². The number of carbonyl (C=O) groups excluding carboxylic acids is 2. The molecule has 0 bridgehead atoms. The zero-order valence-corrected chi connectivity index (χ0v) is 11.3. The minimum Gasteiger partial charge on any atom is -0.481 e. The summed E-state index contributed by atoms with van der Waals surface area (Å²) < 4.78 is 0. The van der Waals surface area contributed by atoms with E-state index in [0.29, 0.717) is 17.8 Å². The SMILES string of the molecule is O=C(Nc1ccc(NC(=O)C2CC2C(=O)O)cc1)C1CC1. The van der Waals surface area contributed by atoms with Gasteiger partial charge in [-0.05, 0) is 43.5 Å². The second-order valence-electron chi connectivity index (χ2n) is 5.62. The van der Waals surface area contributed by atoms with Crippen LogP contribution in [0.3, 0.4) is 0 Å². The van der Waals surface area contributed by atoms with Crippen LogP contribution < -0.4 is 10.6 Å². The van der Waals surface area contributed by atoms with Crippen molar-refractivity contribution in [3.05, 3.63) is 24.3 Å². The predicted molar refractivity (Wildman–Crippen MR) is 75.7 cm³/mol. The Morgan fingerprint density at radius 1 is 0.905 bits per heavy atom. The zero-order chi connectivity index (χ0) is 15.0. The quantitative estimate of drug-likeness (QED) is 0.768. The number of anilines is 2. The van der Waals surface area contributed by atoms with Gasteiger partial charge in [0, 0.05) is 17.3 Å². The standard InChI is InChI=1S/C15H16N2O4/c18-13(8-1-2-8)16-9-3-5-10(6-4-9)17-14(19)11-7-12(11)15(20)21/h3-6,8,11-12H,1-2,7H2,(H,16,18)(H,17,19)(H,20,21). The number of carbonyl (C=O) groups is 3. The van der Waals surface area contributed by atoms with Crippen molar-refractivity contribution in [1.29, 1.82) is 0 Å². The first kappa shape index (κ1) is 13.6. The molecule has 1 aromatic carbocycles. The van der Waals surface area contributed by atoms with Gasteiger partial charge in [-0.1, -0.05) is 0 Å². The van der Waals surface area contributed by atoms with Crippen LogP contribution in [0, 0.1) is 17.8 Å². The van der Waals surface area contributed by atoms with Crippen molar-refractivity contribution in [1.82, 2.24) is 0 Å². The zero-order valence-electron chi connectivity index (χ0n) is 11.3. The van der Waals surface area contributed by atoms with E-state index in [1.165, 1.54) is 0 Å². The number of nitrogens with one attached hydrogen (secondary N) is 2. The highest BCUT2D eigenvalue weighted by atomic mass is 16.4. The van der Waals surface area contributed by atoms with Crippen molar-refractivity contribution in [2.45, 2.75) is 19.3 Å². The molecule has 0 saturated heterocycles. The number of aliphatic carboxylic acids is 1. The summed E-state index contributed by atoms with van der Waals surface area (Å²) in [5.41, 5.74) is 1.29. The van der Waals surface area contributed by atoms with Gasteiger partial charge >= 0.3 is 5.97 Å². The topological polar surface area (TPSA) is 95.5 Å². The molecular formula is C15H16N2O4. The smallest absolute Gasteiger partial charge is 0.307 e. The van der Waals surface area contributed by atoms with Crippen LogP contribution in [0.15, 0.2) is 24.3 Å². The second kappa shape index (κ2) is 5.20. The van der Waals surface area contributed by atoms with Crippen LogP contribution in [0.25, 0.3) is 0 Å². The molecule has 2 aliphatic rings. The molecule has 2 atom stereocenters. The molecule has 2 saturated carbocycles. The van der Waals surface area contributed by atoms with Crippen LogP contribution >= 0.6 is 0 Å². The van der Waals surface area contributed by atoms with Crippen molar-refractivity contribution in [3.63, 3.8) is 0 Å². The molecule has 0 heterocycles. The molecule has 3 rings (SSSR count). The van der Waals surface area contributed by atoms with E-state index in [9.17, 15) is 14.4 Å². The monoisotopic (exact) mass is 288 g/mol. The number of hydrogen-bond acceptors (Lipinski definition) is 3. The van der Waals surface area contributed by atoms with E-state index in [2.05, 4.69) is 10.6 Å². The summed E-state index contributed by atoms with van der Waals surface area (Å²) >= 11 is 0. The number of carboxylic acid groups (broad SMARTS) is 1. The van der Waals surface area contributed by atoms with E-state index in [1.54, 1.807) is 24.3 Å². The summed E-state index contributed by atoms with van der Waals surface area (Å²) in [5, 5.41) is 14.3. The molecule has 2 amide bonds. The third kappa shape index (κ3) is 3.21. The maximum Gasteiger partial charge on any atom is 0.307 e. The Morgan fingerprint density at radius 2 is 1.43 bits per heavy atom. The summed E-state index contributed by atoms with van der Waals surface area (Å²) in [6.45, 7) is 0. The number of benzene rings is 1. The number of hydrogen-bond donors (Lipinski definition) is 3. The lowest BCUT2D eigenvalue weighted by molar-refractivity contribution is -0.139. The first-order valence-corrected chi connectivity index (χ1v) is 6.99. The van der Waals surface area contributed by atoms with Crippen LogP contribution in [0.4, 0.5) is 11.4 Å². The van der Waals surface area contributed by atoms with E-state index in [0.717, 1.165) is 12.8 Å². The van der Waals surface area contributed by atoms with E-state index < -0.39 is 17.8 Å². The molecule has 21 heavy (non-hydrogen) atoms. The Bertz CT molecular complexity index is 592. The van der Waals surface area contributed by atoms with Crippen molar-refractivity contribution in [2.24, 2.45) is 17.8 Å². The van der Waals surface area contributed by atoms with Crippen LogP contribution in [0.1, 0.15) is 19.3 Å². The fraction of sp³-hybridized carbons (Fsp3) is 0.400. The Kier molecular flexibility index (Phi) is 3.37. The molecule has 0 radical (unpaired) electrons. The molecule has 0 aromatic heterocycles. The van der Waals surface area contributed by atoms with Crippen LogP contribution in [0.5, 0.6) is 0 Å². The van der Waals surface area contributed by atoms with Crippen molar-refractivity contribution < 1.29 is 19.5 Å². The van der Waals surface area contributed by atoms with E-state index >= 15 is 0 Å². The highest BCUT2D eigenvalue weighted by molar-refractivity contribution is 5.98. The molecule has 1 aromatic rings. The molecule has 110 valence electrons. The Hall–Kier alpha value is -2.37. The lowest BCUT2D eigenvalue weighted by atomic mass is 10.2. The predicted octanol–water partition coefficient (Wildman–Crippen LogP) is 1.69. The van der Waals surface area contributed by atoms with Crippen molar-refractivity contribution in [2.75, 3.05) is 10.6 Å². The lowest BCUT2D eigenvalue weighted by Gasteiger charge is -2.07. The summed E-state index contributed by atoms with van der Waals surface area (Å²) in [5.74, 6) is -1.99. The van der Waals surface area contributed by atoms with E-state index in [4.69, 9.17) is 5.11 Å². The van der Waals surface area contributed by atoms with Crippen LogP contribution in [-0.2, 0) is 14.4 Å². The molecule has 0 spiro atoms.